The summed E-state index contributed by atoms with van der Waals surface area (Å²) in [5, 5.41) is 9.43. The highest BCUT2D eigenvalue weighted by Gasteiger charge is 2.33. The van der Waals surface area contributed by atoms with Crippen molar-refractivity contribution in [3.05, 3.63) is 47.7 Å². The second-order valence-electron chi connectivity index (χ2n) is 8.18. The molecule has 33 heavy (non-hydrogen) atoms. The zero-order chi connectivity index (χ0) is 24.1. The van der Waals surface area contributed by atoms with Crippen LogP contribution in [0, 0.1) is 5.92 Å². The van der Waals surface area contributed by atoms with Crippen LogP contribution in [-0.2, 0) is 6.42 Å². The van der Waals surface area contributed by atoms with E-state index in [0.29, 0.717) is 17.9 Å². The van der Waals surface area contributed by atoms with E-state index >= 15 is 0 Å². The van der Waals surface area contributed by atoms with Gasteiger partial charge in [-0.3, -0.25) is 14.5 Å². The lowest BCUT2D eigenvalue weighted by atomic mass is 10.0. The molecule has 0 fully saturated rings. The van der Waals surface area contributed by atoms with E-state index in [-0.39, 0.29) is 24.7 Å². The van der Waals surface area contributed by atoms with E-state index in [2.05, 4.69) is 4.98 Å². The van der Waals surface area contributed by atoms with Crippen molar-refractivity contribution in [1.82, 2.24) is 14.8 Å². The molecular weight excluding hydrogens is 428 g/mol. The number of amides is 5. The number of anilines is 1. The third-order valence-corrected chi connectivity index (χ3v) is 5.45. The van der Waals surface area contributed by atoms with Crippen LogP contribution >= 0.6 is 0 Å². The summed E-state index contributed by atoms with van der Waals surface area (Å²) in [5.74, 6) is -1.60. The van der Waals surface area contributed by atoms with Gasteiger partial charge >= 0.3 is 18.0 Å². The van der Waals surface area contributed by atoms with Crippen molar-refractivity contribution in [3.8, 4) is 0 Å². The lowest BCUT2D eigenvalue weighted by Gasteiger charge is -2.28. The summed E-state index contributed by atoms with van der Waals surface area (Å²) in [4.78, 5) is 57.2. The Kier molecular flexibility index (Phi) is 7.47. The molecule has 1 N–H and O–H groups in total. The molecule has 5 amide bonds. The Morgan fingerprint density at radius 3 is 2.58 bits per heavy atom. The second-order valence-corrected chi connectivity index (χ2v) is 8.18. The highest BCUT2D eigenvalue weighted by molar-refractivity contribution is 6.07. The minimum Gasteiger partial charge on any atom is -0.465 e. The van der Waals surface area contributed by atoms with Crippen molar-refractivity contribution in [2.24, 2.45) is 5.92 Å². The molecule has 0 aliphatic carbocycles. The molecule has 0 atom stereocenters. The summed E-state index contributed by atoms with van der Waals surface area (Å²) >= 11 is 0. The van der Waals surface area contributed by atoms with Gasteiger partial charge in [0.15, 0.2) is 5.69 Å². The molecule has 0 spiro atoms. The van der Waals surface area contributed by atoms with Gasteiger partial charge in [0.25, 0.3) is 11.8 Å². The molecular formula is C23H28N4O6. The average Bonchev–Trinajstić information content (AvgIpc) is 3.28. The van der Waals surface area contributed by atoms with Gasteiger partial charge in [0.2, 0.25) is 0 Å². The van der Waals surface area contributed by atoms with Gasteiger partial charge in [0.05, 0.1) is 0 Å². The quantitative estimate of drug-likeness (QED) is 0.699. The van der Waals surface area contributed by atoms with Gasteiger partial charge in [-0.1, -0.05) is 32.0 Å². The summed E-state index contributed by atoms with van der Waals surface area (Å²) < 4.78 is 5.23. The zero-order valence-electron chi connectivity index (χ0n) is 19.0. The molecule has 1 aromatic carbocycles. The van der Waals surface area contributed by atoms with Crippen LogP contribution < -0.4 is 4.90 Å². The Morgan fingerprint density at radius 2 is 1.91 bits per heavy atom. The molecule has 0 unspecified atom stereocenters. The number of nitrogens with zero attached hydrogens (tertiary/aromatic N) is 4. The van der Waals surface area contributed by atoms with Crippen molar-refractivity contribution in [1.29, 1.82) is 0 Å². The number of benzene rings is 1. The van der Waals surface area contributed by atoms with Gasteiger partial charge in [-0.2, -0.15) is 4.98 Å². The molecule has 3 rings (SSSR count). The Balaban J connectivity index is 1.78. The Bertz CT molecular complexity index is 1050. The SMILES string of the molecule is CCN(C(=O)c1nc(C(=O)N2CCCc3ccccc32)co1)C(=O)N(CCC(C)C)C(=O)O. The number of oxazole rings is 1. The van der Waals surface area contributed by atoms with Crippen LogP contribution in [0.15, 0.2) is 34.9 Å². The van der Waals surface area contributed by atoms with Gasteiger partial charge in [0, 0.05) is 25.3 Å². The number of rotatable bonds is 6. The smallest absolute Gasteiger partial charge is 0.415 e. The molecule has 2 heterocycles. The van der Waals surface area contributed by atoms with E-state index in [1.54, 1.807) is 4.90 Å². The average molecular weight is 456 g/mol. The first-order chi connectivity index (χ1) is 15.7. The monoisotopic (exact) mass is 456 g/mol. The van der Waals surface area contributed by atoms with Crippen LogP contribution in [0.3, 0.4) is 0 Å². The van der Waals surface area contributed by atoms with E-state index in [1.165, 1.54) is 6.92 Å². The second kappa shape index (κ2) is 10.3. The van der Waals surface area contributed by atoms with E-state index in [4.69, 9.17) is 4.42 Å². The minimum atomic E-state index is -1.45. The zero-order valence-corrected chi connectivity index (χ0v) is 19.0. The molecule has 0 saturated carbocycles. The number of fused-ring (bicyclic) bond motifs is 1. The fourth-order valence-electron chi connectivity index (χ4n) is 3.64. The highest BCUT2D eigenvalue weighted by Crippen LogP contribution is 2.28. The molecule has 1 aliphatic rings. The van der Waals surface area contributed by atoms with Crippen molar-refractivity contribution in [2.45, 2.75) is 40.0 Å². The molecule has 0 radical (unpaired) electrons. The van der Waals surface area contributed by atoms with Gasteiger partial charge < -0.3 is 14.4 Å². The number of aromatic nitrogens is 1. The van der Waals surface area contributed by atoms with Crippen molar-refractivity contribution in [2.75, 3.05) is 24.5 Å². The first-order valence-electron chi connectivity index (χ1n) is 11.0. The molecule has 176 valence electrons. The van der Waals surface area contributed by atoms with Gasteiger partial charge in [-0.05, 0) is 43.7 Å². The van der Waals surface area contributed by atoms with Crippen LogP contribution in [-0.4, -0.2) is 63.5 Å². The van der Waals surface area contributed by atoms with Crippen LogP contribution in [0.4, 0.5) is 15.3 Å². The van der Waals surface area contributed by atoms with Crippen LogP contribution in [0.2, 0.25) is 0 Å². The fraction of sp³-hybridized carbons (Fsp3) is 0.435. The lowest BCUT2D eigenvalue weighted by molar-refractivity contribution is 0.0725. The highest BCUT2D eigenvalue weighted by atomic mass is 16.4. The fourth-order valence-corrected chi connectivity index (χ4v) is 3.64. The Morgan fingerprint density at radius 1 is 1.18 bits per heavy atom. The van der Waals surface area contributed by atoms with E-state index in [1.807, 2.05) is 38.1 Å². The van der Waals surface area contributed by atoms with Gasteiger partial charge in [-0.25, -0.2) is 14.5 Å². The summed E-state index contributed by atoms with van der Waals surface area (Å²) in [6, 6.07) is 6.60. The maximum absolute atomic E-state index is 13.0. The summed E-state index contributed by atoms with van der Waals surface area (Å²) in [7, 11) is 0. The van der Waals surface area contributed by atoms with Crippen molar-refractivity contribution >= 4 is 29.6 Å². The number of aryl methyl sites for hydroxylation is 1. The number of carboxylic acid groups (broad SMARTS) is 1. The molecule has 2 aromatic rings. The third-order valence-electron chi connectivity index (χ3n) is 5.45. The van der Waals surface area contributed by atoms with Crippen LogP contribution in [0.5, 0.6) is 0 Å². The Hall–Kier alpha value is -3.69. The normalized spacial score (nSPS) is 12.9. The first-order valence-corrected chi connectivity index (χ1v) is 11.0. The summed E-state index contributed by atoms with van der Waals surface area (Å²) in [6.45, 7) is 5.72. The summed E-state index contributed by atoms with van der Waals surface area (Å²) in [5.41, 5.74) is 1.78. The molecule has 0 bridgehead atoms. The third kappa shape index (κ3) is 5.21. The predicted molar refractivity (Wildman–Crippen MR) is 119 cm³/mol. The number of carbonyl (C=O) groups is 4. The van der Waals surface area contributed by atoms with Gasteiger partial charge in [0.1, 0.15) is 6.26 Å². The summed E-state index contributed by atoms with van der Waals surface area (Å²) in [6.07, 6.45) is 1.76. The Labute approximate surface area is 191 Å². The van der Waals surface area contributed by atoms with Crippen LogP contribution in [0.25, 0.3) is 0 Å². The number of urea groups is 1. The number of hydrogen-bond donors (Lipinski definition) is 1. The largest absolute Gasteiger partial charge is 0.465 e. The van der Waals surface area contributed by atoms with Crippen LogP contribution in [0.1, 0.15) is 60.4 Å². The first kappa shape index (κ1) is 24.0. The molecule has 1 aromatic heterocycles. The molecule has 10 heteroatoms. The standard InChI is InChI=1S/C23H28N4O6/c1-4-25(22(30)27(23(31)32)13-11-15(2)3)21(29)19-24-17(14-33-19)20(28)26-12-7-9-16-8-5-6-10-18(16)26/h5-6,8,10,14-15H,4,7,9,11-13H2,1-3H3,(H,31,32). The number of para-hydroxylation sites is 1. The number of hydrogen-bond acceptors (Lipinski definition) is 6. The number of imide groups is 2. The van der Waals surface area contributed by atoms with Crippen molar-refractivity contribution < 1.29 is 28.7 Å². The predicted octanol–water partition coefficient (Wildman–Crippen LogP) is 3.88. The van der Waals surface area contributed by atoms with Gasteiger partial charge in [-0.15, -0.1) is 0 Å². The van der Waals surface area contributed by atoms with E-state index in [9.17, 15) is 24.3 Å². The minimum absolute atomic E-state index is 0.0424. The van der Waals surface area contributed by atoms with Crippen molar-refractivity contribution in [3.63, 3.8) is 0 Å². The van der Waals surface area contributed by atoms with E-state index in [0.717, 1.165) is 35.3 Å². The lowest BCUT2D eigenvalue weighted by Crippen LogP contribution is -2.49. The maximum atomic E-state index is 13.0. The topological polar surface area (TPSA) is 124 Å². The molecule has 10 nitrogen and oxygen atoms in total. The molecule has 0 saturated heterocycles. The number of carbonyl (C=O) groups excluding carboxylic acids is 3. The van der Waals surface area contributed by atoms with E-state index < -0.39 is 29.8 Å². The molecule has 1 aliphatic heterocycles. The maximum Gasteiger partial charge on any atom is 0.415 e.